The molecule has 10 heteroatoms. The van der Waals surface area contributed by atoms with Gasteiger partial charge in [-0.15, -0.1) is 0 Å². The zero-order chi connectivity index (χ0) is 28.1. The average Bonchev–Trinajstić information content (AvgIpc) is 2.98. The van der Waals surface area contributed by atoms with Crippen LogP contribution in [0.5, 0.6) is 5.75 Å². The number of piperazine rings is 1. The topological polar surface area (TPSA) is 111 Å². The molecule has 0 bridgehead atoms. The van der Waals surface area contributed by atoms with Crippen molar-refractivity contribution >= 4 is 34.5 Å². The number of aliphatic hydroxyl groups excluding tert-OH is 1. The van der Waals surface area contributed by atoms with Crippen molar-refractivity contribution in [2.75, 3.05) is 51.3 Å². The SMILES string of the molecule is COc1ccc(/C(O)=C/c2nc3ccc(C(=O)NCCN4CCN(c5ccccc5F)CC4)cc3[nH]c2=O)cc1. The van der Waals surface area contributed by atoms with E-state index in [1.165, 1.54) is 12.1 Å². The third kappa shape index (κ3) is 6.13. The van der Waals surface area contributed by atoms with Gasteiger partial charge >= 0.3 is 0 Å². The highest BCUT2D eigenvalue weighted by Crippen LogP contribution is 2.21. The van der Waals surface area contributed by atoms with Crippen molar-refractivity contribution in [3.63, 3.8) is 0 Å². The number of carbonyl (C=O) groups excluding carboxylic acids is 1. The van der Waals surface area contributed by atoms with Crippen molar-refractivity contribution in [3.8, 4) is 5.75 Å². The molecule has 1 saturated heterocycles. The van der Waals surface area contributed by atoms with Crippen molar-refractivity contribution in [2.24, 2.45) is 0 Å². The predicted octanol–water partition coefficient (Wildman–Crippen LogP) is 3.68. The van der Waals surface area contributed by atoms with Crippen LogP contribution in [-0.2, 0) is 0 Å². The summed E-state index contributed by atoms with van der Waals surface area (Å²) in [5, 5.41) is 13.4. The molecule has 1 aliphatic rings. The molecule has 0 aliphatic carbocycles. The number of anilines is 1. The minimum Gasteiger partial charge on any atom is -0.507 e. The van der Waals surface area contributed by atoms with Gasteiger partial charge in [0.25, 0.3) is 11.5 Å². The van der Waals surface area contributed by atoms with Crippen molar-refractivity contribution in [1.29, 1.82) is 0 Å². The maximum absolute atomic E-state index is 14.1. The van der Waals surface area contributed by atoms with Crippen LogP contribution in [0, 0.1) is 5.82 Å². The lowest BCUT2D eigenvalue weighted by Crippen LogP contribution is -2.48. The molecular weight excluding hydrogens is 513 g/mol. The maximum atomic E-state index is 14.1. The number of aliphatic hydroxyl groups is 1. The largest absolute Gasteiger partial charge is 0.507 e. The van der Waals surface area contributed by atoms with E-state index in [1.807, 2.05) is 11.0 Å². The quantitative estimate of drug-likeness (QED) is 0.291. The number of nitrogens with zero attached hydrogens (tertiary/aromatic N) is 3. The Morgan fingerprint density at radius 1 is 1.07 bits per heavy atom. The molecule has 1 aliphatic heterocycles. The molecule has 0 spiro atoms. The number of halogens is 1. The Kier molecular flexibility index (Phi) is 8.07. The van der Waals surface area contributed by atoms with E-state index in [2.05, 4.69) is 20.2 Å². The summed E-state index contributed by atoms with van der Waals surface area (Å²) in [6.07, 6.45) is 1.30. The molecule has 2 heterocycles. The van der Waals surface area contributed by atoms with Gasteiger partial charge in [-0.25, -0.2) is 9.37 Å². The summed E-state index contributed by atoms with van der Waals surface area (Å²) in [5.74, 6) is 0.0746. The molecule has 1 fully saturated rings. The Bertz CT molecular complexity index is 1590. The minimum atomic E-state index is -0.486. The van der Waals surface area contributed by atoms with Gasteiger partial charge < -0.3 is 25.0 Å². The van der Waals surface area contributed by atoms with E-state index >= 15 is 0 Å². The summed E-state index contributed by atoms with van der Waals surface area (Å²) in [4.78, 5) is 36.8. The van der Waals surface area contributed by atoms with Crippen LogP contribution in [0.2, 0.25) is 0 Å². The number of rotatable bonds is 8. The molecule has 3 N–H and O–H groups in total. The van der Waals surface area contributed by atoms with Crippen LogP contribution >= 0.6 is 0 Å². The second-order valence-electron chi connectivity index (χ2n) is 9.48. The number of hydrogen-bond donors (Lipinski definition) is 3. The fraction of sp³-hybridized carbons (Fsp3) is 0.233. The summed E-state index contributed by atoms with van der Waals surface area (Å²) in [6.45, 7) is 4.12. The fourth-order valence-electron chi connectivity index (χ4n) is 4.66. The number of aromatic nitrogens is 2. The van der Waals surface area contributed by atoms with Gasteiger partial charge in [0.05, 0.1) is 23.8 Å². The smallest absolute Gasteiger partial charge is 0.274 e. The lowest BCUT2D eigenvalue weighted by atomic mass is 10.1. The number of para-hydroxylation sites is 1. The molecule has 0 atom stereocenters. The number of ether oxygens (including phenoxy) is 1. The summed E-state index contributed by atoms with van der Waals surface area (Å²) in [5.41, 5.74) is 2.00. The van der Waals surface area contributed by atoms with Gasteiger partial charge in [0, 0.05) is 56.5 Å². The highest BCUT2D eigenvalue weighted by Gasteiger charge is 2.19. The minimum absolute atomic E-state index is 0.0492. The van der Waals surface area contributed by atoms with E-state index in [9.17, 15) is 19.1 Å². The van der Waals surface area contributed by atoms with Crippen LogP contribution in [0.15, 0.2) is 71.5 Å². The first kappa shape index (κ1) is 26.9. The zero-order valence-corrected chi connectivity index (χ0v) is 22.1. The zero-order valence-electron chi connectivity index (χ0n) is 22.1. The van der Waals surface area contributed by atoms with E-state index in [4.69, 9.17) is 4.74 Å². The molecule has 0 saturated carbocycles. The van der Waals surface area contributed by atoms with Gasteiger partial charge in [-0.2, -0.15) is 0 Å². The first-order valence-electron chi connectivity index (χ1n) is 13.0. The van der Waals surface area contributed by atoms with Gasteiger partial charge in [-0.3, -0.25) is 14.5 Å². The van der Waals surface area contributed by atoms with E-state index in [0.29, 0.717) is 46.7 Å². The average molecular weight is 544 g/mol. The maximum Gasteiger partial charge on any atom is 0.274 e. The Labute approximate surface area is 230 Å². The molecule has 0 unspecified atom stereocenters. The van der Waals surface area contributed by atoms with E-state index in [0.717, 1.165) is 26.2 Å². The van der Waals surface area contributed by atoms with Crippen LogP contribution in [0.4, 0.5) is 10.1 Å². The van der Waals surface area contributed by atoms with Gasteiger partial charge in [-0.05, 0) is 54.6 Å². The van der Waals surface area contributed by atoms with Gasteiger partial charge in [0.2, 0.25) is 0 Å². The lowest BCUT2D eigenvalue weighted by molar-refractivity contribution is 0.0948. The van der Waals surface area contributed by atoms with Gasteiger partial charge in [0.15, 0.2) is 0 Å². The summed E-state index contributed by atoms with van der Waals surface area (Å²) < 4.78 is 19.2. The molecule has 40 heavy (non-hydrogen) atoms. The summed E-state index contributed by atoms with van der Waals surface area (Å²) in [7, 11) is 1.55. The Balaban J connectivity index is 1.17. The van der Waals surface area contributed by atoms with Gasteiger partial charge in [0.1, 0.15) is 23.0 Å². The van der Waals surface area contributed by atoms with Crippen LogP contribution in [0.1, 0.15) is 21.6 Å². The molecule has 0 radical (unpaired) electrons. The summed E-state index contributed by atoms with van der Waals surface area (Å²) in [6, 6.07) is 18.4. The highest BCUT2D eigenvalue weighted by atomic mass is 19.1. The van der Waals surface area contributed by atoms with E-state index in [-0.39, 0.29) is 23.2 Å². The standard InChI is InChI=1S/C30H30FN5O4/c1-40-22-9-6-20(7-10-22)28(37)19-26-30(39)34-25-18-21(8-11-24(25)33-26)29(38)32-12-13-35-14-16-36(17-15-35)27-5-3-2-4-23(27)31/h2-11,18-19,37H,12-17H2,1H3,(H,32,38)(H,34,39)/b28-19-. The molecule has 1 amide bonds. The second-order valence-corrected chi connectivity index (χ2v) is 9.48. The Morgan fingerprint density at radius 2 is 1.80 bits per heavy atom. The number of amides is 1. The first-order chi connectivity index (χ1) is 19.4. The third-order valence-electron chi connectivity index (χ3n) is 6.92. The van der Waals surface area contributed by atoms with Crippen molar-refractivity contribution in [1.82, 2.24) is 20.2 Å². The Hall–Kier alpha value is -4.70. The number of aromatic amines is 1. The number of carbonyl (C=O) groups is 1. The van der Waals surface area contributed by atoms with E-state index < -0.39 is 5.56 Å². The number of H-pyrrole nitrogens is 1. The molecule has 4 aromatic rings. The van der Waals surface area contributed by atoms with Crippen LogP contribution < -0.4 is 20.5 Å². The number of fused-ring (bicyclic) bond motifs is 1. The van der Waals surface area contributed by atoms with Crippen LogP contribution in [-0.4, -0.2) is 72.3 Å². The first-order valence-corrected chi connectivity index (χ1v) is 13.0. The normalized spacial score (nSPS) is 14.3. The van der Waals surface area contributed by atoms with Crippen molar-refractivity contribution in [3.05, 3.63) is 99.7 Å². The monoisotopic (exact) mass is 543 g/mol. The molecule has 1 aromatic heterocycles. The van der Waals surface area contributed by atoms with Crippen LogP contribution in [0.3, 0.4) is 0 Å². The fourth-order valence-corrected chi connectivity index (χ4v) is 4.66. The third-order valence-corrected chi connectivity index (χ3v) is 6.92. The molecule has 5 rings (SSSR count). The molecular formula is C30H30FN5O4. The number of nitrogens with one attached hydrogen (secondary N) is 2. The lowest BCUT2D eigenvalue weighted by Gasteiger charge is -2.36. The van der Waals surface area contributed by atoms with E-state index in [1.54, 1.807) is 61.7 Å². The number of hydrogen-bond acceptors (Lipinski definition) is 7. The van der Waals surface area contributed by atoms with Crippen molar-refractivity contribution < 1.29 is 19.0 Å². The number of benzene rings is 3. The van der Waals surface area contributed by atoms with Gasteiger partial charge in [-0.1, -0.05) is 12.1 Å². The molecule has 9 nitrogen and oxygen atoms in total. The predicted molar refractivity (Wildman–Crippen MR) is 153 cm³/mol. The van der Waals surface area contributed by atoms with Crippen molar-refractivity contribution in [2.45, 2.75) is 0 Å². The summed E-state index contributed by atoms with van der Waals surface area (Å²) >= 11 is 0. The number of methoxy groups -OCH3 is 1. The van der Waals surface area contributed by atoms with Crippen LogP contribution in [0.25, 0.3) is 22.9 Å². The second kappa shape index (κ2) is 12.0. The molecule has 206 valence electrons. The Morgan fingerprint density at radius 3 is 2.52 bits per heavy atom. The highest BCUT2D eigenvalue weighted by molar-refractivity contribution is 5.97. The molecule has 3 aromatic carbocycles.